The van der Waals surface area contributed by atoms with E-state index in [9.17, 15) is 0 Å². The van der Waals surface area contributed by atoms with E-state index in [1.807, 2.05) is 7.05 Å². The van der Waals surface area contributed by atoms with Crippen LogP contribution in [-0.4, -0.2) is 39.8 Å². The van der Waals surface area contributed by atoms with Crippen LogP contribution >= 0.6 is 0 Å². The normalized spacial score (nSPS) is 21.0. The molecule has 2 rings (SSSR count). The molecule has 0 spiro atoms. The Bertz CT molecular complexity index is 386. The van der Waals surface area contributed by atoms with E-state index in [1.54, 1.807) is 12.7 Å². The number of nitrogens with zero attached hydrogens (tertiary/aromatic N) is 1. The van der Waals surface area contributed by atoms with Crippen LogP contribution in [0.4, 0.5) is 0 Å². The van der Waals surface area contributed by atoms with E-state index in [-0.39, 0.29) is 0 Å². The zero-order valence-electron chi connectivity index (χ0n) is 14.4. The average molecular weight is 307 g/mol. The Balaban J connectivity index is 1.67. The van der Waals surface area contributed by atoms with Gasteiger partial charge in [-0.15, -0.1) is 0 Å². The van der Waals surface area contributed by atoms with Gasteiger partial charge in [-0.2, -0.15) is 0 Å². The fourth-order valence-electron chi connectivity index (χ4n) is 3.48. The minimum atomic E-state index is 0.430. The van der Waals surface area contributed by atoms with Gasteiger partial charge in [0, 0.05) is 33.9 Å². The first-order valence-corrected chi connectivity index (χ1v) is 8.89. The molecule has 126 valence electrons. The van der Waals surface area contributed by atoms with Crippen molar-refractivity contribution in [2.75, 3.05) is 33.9 Å². The third-order valence-corrected chi connectivity index (χ3v) is 5.23. The number of hydrogen-bond donors (Lipinski definition) is 2. The molecular formula is C18H33N3O. The van der Waals surface area contributed by atoms with Gasteiger partial charge in [0.15, 0.2) is 5.96 Å². The van der Waals surface area contributed by atoms with Crippen molar-refractivity contribution in [1.82, 2.24) is 10.6 Å². The van der Waals surface area contributed by atoms with Gasteiger partial charge in [0.25, 0.3) is 0 Å². The predicted molar refractivity (Wildman–Crippen MR) is 93.3 cm³/mol. The first-order chi connectivity index (χ1) is 10.8. The molecule has 2 N–H and O–H groups in total. The maximum atomic E-state index is 5.26. The molecule has 0 aromatic heterocycles. The number of hydrogen-bond acceptors (Lipinski definition) is 2. The molecule has 0 amide bonds. The van der Waals surface area contributed by atoms with Crippen LogP contribution in [0.25, 0.3) is 0 Å². The van der Waals surface area contributed by atoms with E-state index >= 15 is 0 Å². The highest BCUT2D eigenvalue weighted by atomic mass is 16.5. The van der Waals surface area contributed by atoms with Crippen LogP contribution in [0.15, 0.2) is 16.6 Å². The smallest absolute Gasteiger partial charge is 0.191 e. The lowest BCUT2D eigenvalue weighted by molar-refractivity contribution is 0.0732. The number of allylic oxidation sites excluding steroid dienone is 1. The van der Waals surface area contributed by atoms with Crippen molar-refractivity contribution in [2.24, 2.45) is 10.4 Å². The molecule has 0 unspecified atom stereocenters. The zero-order valence-corrected chi connectivity index (χ0v) is 14.4. The highest BCUT2D eigenvalue weighted by molar-refractivity contribution is 5.79. The van der Waals surface area contributed by atoms with Crippen LogP contribution in [0.2, 0.25) is 0 Å². The summed E-state index contributed by atoms with van der Waals surface area (Å²) < 4.78 is 5.26. The van der Waals surface area contributed by atoms with Gasteiger partial charge in [-0.25, -0.2) is 0 Å². The zero-order chi connectivity index (χ0) is 15.7. The molecule has 0 aromatic rings. The Morgan fingerprint density at radius 2 is 2.14 bits per heavy atom. The molecule has 0 bridgehead atoms. The Morgan fingerprint density at radius 1 is 1.27 bits per heavy atom. The summed E-state index contributed by atoms with van der Waals surface area (Å²) in [6, 6.07) is 0. The van der Waals surface area contributed by atoms with Crippen LogP contribution < -0.4 is 10.6 Å². The molecule has 2 aliphatic carbocycles. The summed E-state index contributed by atoms with van der Waals surface area (Å²) in [5.74, 6) is 0.945. The number of nitrogens with one attached hydrogen (secondary N) is 2. The molecule has 0 heterocycles. The molecule has 0 aromatic carbocycles. The van der Waals surface area contributed by atoms with Gasteiger partial charge in [-0.1, -0.05) is 18.1 Å². The lowest BCUT2D eigenvalue weighted by Gasteiger charge is -2.42. The molecule has 4 heteroatoms. The molecular weight excluding hydrogens is 274 g/mol. The van der Waals surface area contributed by atoms with E-state index in [1.165, 1.54) is 44.9 Å². The number of rotatable bonds is 8. The first-order valence-electron chi connectivity index (χ1n) is 8.89. The average Bonchev–Trinajstić information content (AvgIpc) is 2.52. The molecule has 22 heavy (non-hydrogen) atoms. The van der Waals surface area contributed by atoms with Gasteiger partial charge in [-0.3, -0.25) is 4.99 Å². The summed E-state index contributed by atoms with van der Waals surface area (Å²) in [5.41, 5.74) is 2.05. The second-order valence-corrected chi connectivity index (χ2v) is 6.81. The van der Waals surface area contributed by atoms with E-state index in [0.717, 1.165) is 38.5 Å². The lowest BCUT2D eigenvalue weighted by Crippen LogP contribution is -2.47. The third-order valence-electron chi connectivity index (χ3n) is 5.23. The number of ether oxygens (including phenoxy) is 1. The number of aliphatic imine (C=N–C) groups is 1. The largest absolute Gasteiger partial charge is 0.385 e. The molecule has 0 saturated heterocycles. The van der Waals surface area contributed by atoms with E-state index in [4.69, 9.17) is 4.74 Å². The van der Waals surface area contributed by atoms with Gasteiger partial charge < -0.3 is 15.4 Å². The summed E-state index contributed by atoms with van der Waals surface area (Å²) in [4.78, 5) is 4.36. The summed E-state index contributed by atoms with van der Waals surface area (Å²) in [7, 11) is 3.65. The Kier molecular flexibility index (Phi) is 7.23. The van der Waals surface area contributed by atoms with Crippen LogP contribution in [0.5, 0.6) is 0 Å². The Labute approximate surface area is 135 Å². The third kappa shape index (κ3) is 5.31. The van der Waals surface area contributed by atoms with Crippen molar-refractivity contribution in [3.05, 3.63) is 11.6 Å². The number of methoxy groups -OCH3 is 1. The van der Waals surface area contributed by atoms with Crippen molar-refractivity contribution in [3.8, 4) is 0 Å². The van der Waals surface area contributed by atoms with Crippen molar-refractivity contribution < 1.29 is 4.74 Å². The first kappa shape index (κ1) is 17.3. The number of guanidine groups is 1. The van der Waals surface area contributed by atoms with E-state index in [2.05, 4.69) is 21.7 Å². The van der Waals surface area contributed by atoms with Gasteiger partial charge in [0.2, 0.25) is 0 Å². The van der Waals surface area contributed by atoms with E-state index < -0.39 is 0 Å². The second kappa shape index (κ2) is 9.19. The molecule has 0 radical (unpaired) electrons. The van der Waals surface area contributed by atoms with Crippen molar-refractivity contribution in [1.29, 1.82) is 0 Å². The monoisotopic (exact) mass is 307 g/mol. The predicted octanol–water partition coefficient (Wildman–Crippen LogP) is 3.25. The van der Waals surface area contributed by atoms with Gasteiger partial charge in [0.1, 0.15) is 0 Å². The minimum absolute atomic E-state index is 0.430. The standard InChI is InChI=1S/C18H33N3O/c1-19-17(20-13-9-16-7-4-3-5-8-16)21-15-18(10-6-11-18)12-14-22-2/h7H,3-6,8-15H2,1-2H3,(H2,19,20,21). The molecule has 0 aliphatic heterocycles. The van der Waals surface area contributed by atoms with Crippen molar-refractivity contribution in [3.63, 3.8) is 0 Å². The van der Waals surface area contributed by atoms with Crippen molar-refractivity contribution in [2.45, 2.75) is 57.8 Å². The lowest BCUT2D eigenvalue weighted by atomic mass is 9.67. The summed E-state index contributed by atoms with van der Waals surface area (Å²) in [6.45, 7) is 2.86. The van der Waals surface area contributed by atoms with E-state index in [0.29, 0.717) is 5.41 Å². The minimum Gasteiger partial charge on any atom is -0.385 e. The molecule has 2 aliphatic rings. The Hall–Kier alpha value is -1.03. The van der Waals surface area contributed by atoms with Crippen LogP contribution in [0, 0.1) is 5.41 Å². The maximum absolute atomic E-state index is 5.26. The topological polar surface area (TPSA) is 45.7 Å². The summed E-state index contributed by atoms with van der Waals surface area (Å²) in [5, 5.41) is 6.98. The molecule has 1 saturated carbocycles. The quantitative estimate of drug-likeness (QED) is 0.411. The van der Waals surface area contributed by atoms with Crippen molar-refractivity contribution >= 4 is 5.96 Å². The fourth-order valence-corrected chi connectivity index (χ4v) is 3.48. The van der Waals surface area contributed by atoms with Gasteiger partial charge in [-0.05, 0) is 56.8 Å². The fraction of sp³-hybridized carbons (Fsp3) is 0.833. The summed E-state index contributed by atoms with van der Waals surface area (Å²) >= 11 is 0. The molecule has 4 nitrogen and oxygen atoms in total. The highest BCUT2D eigenvalue weighted by Crippen LogP contribution is 2.43. The summed E-state index contributed by atoms with van der Waals surface area (Å²) in [6.07, 6.45) is 14.0. The van der Waals surface area contributed by atoms with Crippen LogP contribution in [-0.2, 0) is 4.74 Å². The van der Waals surface area contributed by atoms with Gasteiger partial charge in [0.05, 0.1) is 0 Å². The highest BCUT2D eigenvalue weighted by Gasteiger charge is 2.36. The SMILES string of the molecule is CN=C(NCCC1=CCCCC1)NCC1(CCOC)CCC1. The molecule has 0 atom stereocenters. The van der Waals surface area contributed by atoms with Crippen LogP contribution in [0.3, 0.4) is 0 Å². The van der Waals surface area contributed by atoms with Crippen LogP contribution in [0.1, 0.15) is 57.8 Å². The Morgan fingerprint density at radius 3 is 2.73 bits per heavy atom. The second-order valence-electron chi connectivity index (χ2n) is 6.81. The molecule has 1 fully saturated rings. The maximum Gasteiger partial charge on any atom is 0.191 e. The van der Waals surface area contributed by atoms with Gasteiger partial charge >= 0.3 is 0 Å².